The van der Waals surface area contributed by atoms with Gasteiger partial charge in [-0.1, -0.05) is 58.0 Å². The van der Waals surface area contributed by atoms with Gasteiger partial charge in [0.05, 0.1) is 28.6 Å². The predicted octanol–water partition coefficient (Wildman–Crippen LogP) is 9.27. The summed E-state index contributed by atoms with van der Waals surface area (Å²) in [6, 6.07) is 19.9. The molecule has 2 heterocycles. The first kappa shape index (κ1) is 63.0. The number of aromatic nitrogens is 2. The number of aliphatic carboxylic acids is 2. The van der Waals surface area contributed by atoms with E-state index < -0.39 is 54.7 Å². The normalized spacial score (nSPS) is 11.6. The van der Waals surface area contributed by atoms with Crippen LogP contribution in [0.3, 0.4) is 0 Å². The van der Waals surface area contributed by atoms with Crippen molar-refractivity contribution in [3.05, 3.63) is 139 Å². The molecular weight excluding hydrogens is 996 g/mol. The number of aliphatic hydroxyl groups excluding tert-OH is 2. The number of carboxylic acids is 2. The van der Waals surface area contributed by atoms with Crippen molar-refractivity contribution in [2.45, 2.75) is 97.5 Å². The van der Waals surface area contributed by atoms with Crippen LogP contribution in [0.4, 0.5) is 26.3 Å². The summed E-state index contributed by atoms with van der Waals surface area (Å²) >= 11 is 2.81. The number of thiazole rings is 2. The second-order valence-electron chi connectivity index (χ2n) is 16.5. The molecule has 381 valence electrons. The molecule has 6 aromatic rings. The van der Waals surface area contributed by atoms with Gasteiger partial charge in [0.2, 0.25) is 0 Å². The van der Waals surface area contributed by atoms with Crippen LogP contribution in [0.1, 0.15) is 119 Å². The topological polar surface area (TPSA) is 176 Å². The Bertz CT molecular complexity index is 2720. The molecule has 21 heteroatoms. The summed E-state index contributed by atoms with van der Waals surface area (Å²) < 4.78 is 87.6. The second kappa shape index (κ2) is 28.4. The maximum absolute atomic E-state index is 12.9. The number of ether oxygens (including phenoxy) is 2. The Hall–Kier alpha value is -5.09. The molecule has 2 aromatic heterocycles. The Morgan fingerprint density at radius 3 is 1.42 bits per heavy atom. The second-order valence-corrected chi connectivity index (χ2v) is 18.6. The maximum atomic E-state index is 12.9. The van der Waals surface area contributed by atoms with Gasteiger partial charge in [-0.3, -0.25) is 4.79 Å². The van der Waals surface area contributed by atoms with Crippen molar-refractivity contribution in [3.63, 3.8) is 0 Å². The van der Waals surface area contributed by atoms with Gasteiger partial charge in [-0.25, -0.2) is 19.6 Å². The third-order valence-electron chi connectivity index (χ3n) is 10.5. The van der Waals surface area contributed by atoms with Crippen LogP contribution in [-0.4, -0.2) is 76.9 Å². The van der Waals surface area contributed by atoms with Crippen molar-refractivity contribution in [2.75, 3.05) is 20.3 Å². The van der Waals surface area contributed by atoms with Crippen LogP contribution >= 0.6 is 22.7 Å². The number of carboxylic acid groups (broad SMARTS) is 2. The van der Waals surface area contributed by atoms with Gasteiger partial charge in [-0.05, 0) is 116 Å². The molecule has 4 aromatic carbocycles. The number of aliphatic hydroxyl groups is 2. The minimum absolute atomic E-state index is 0. The molecule has 6 rings (SSSR count). The molecule has 72 heavy (non-hydrogen) atoms. The van der Waals surface area contributed by atoms with Gasteiger partial charge in [0, 0.05) is 48.4 Å². The summed E-state index contributed by atoms with van der Waals surface area (Å²) in [7, 11) is 1.00. The Kier molecular flexibility index (Phi) is 24.9. The Morgan fingerprint density at radius 1 is 0.639 bits per heavy atom. The zero-order valence-corrected chi connectivity index (χ0v) is 44.6. The maximum Gasteiger partial charge on any atom is 1.00 e. The number of benzene rings is 4. The molecule has 1 atom stereocenters. The molecule has 1 unspecified atom stereocenters. The van der Waals surface area contributed by atoms with E-state index in [1.165, 1.54) is 46.9 Å². The van der Waals surface area contributed by atoms with Crippen LogP contribution in [0.25, 0.3) is 21.1 Å². The van der Waals surface area contributed by atoms with E-state index in [1.54, 1.807) is 50.2 Å². The van der Waals surface area contributed by atoms with Crippen LogP contribution in [0.15, 0.2) is 84.9 Å². The molecule has 0 bridgehead atoms. The fourth-order valence-electron chi connectivity index (χ4n) is 6.95. The standard InChI is InChI=1S/C25H26F3NO4S.C25H24F3NO4S.CH4O.B.Na.H/c2*1-14(2)23-21(34-24(29-23)16-4-7-18(8-5-16)25(26,27)28)11-9-19(30)17-6-10-20(15(3)12-17)33-13-22(31)32;1-2;;;/h4-8,10,12,14,19,30H,9,11,13H2,1-3H3,(H,31,32);4-8,10,12,14H,9,11,13H2,1-3H3,(H,31,32);2H,1H3;;;/q;;;;+1;-1. The van der Waals surface area contributed by atoms with Gasteiger partial charge in [-0.2, -0.15) is 26.3 Å². The summed E-state index contributed by atoms with van der Waals surface area (Å²) in [4.78, 5) is 45.4. The van der Waals surface area contributed by atoms with Gasteiger partial charge in [-0.15, -0.1) is 22.7 Å². The number of carbonyl (C=O) groups is 3. The summed E-state index contributed by atoms with van der Waals surface area (Å²) in [6.45, 7) is 10.6. The van der Waals surface area contributed by atoms with Crippen molar-refractivity contribution in [1.82, 2.24) is 9.97 Å². The van der Waals surface area contributed by atoms with Crippen LogP contribution < -0.4 is 39.0 Å². The molecule has 11 nitrogen and oxygen atoms in total. The zero-order valence-electron chi connectivity index (χ0n) is 41.9. The number of hydrogen-bond donors (Lipinski definition) is 4. The average molecular weight is 1050 g/mol. The van der Waals surface area contributed by atoms with Gasteiger partial charge < -0.3 is 31.3 Å². The quantitative estimate of drug-likeness (QED) is 0.0367. The van der Waals surface area contributed by atoms with Crippen LogP contribution in [0.2, 0.25) is 0 Å². The van der Waals surface area contributed by atoms with Crippen molar-refractivity contribution in [2.24, 2.45) is 0 Å². The van der Waals surface area contributed by atoms with E-state index in [1.807, 2.05) is 27.7 Å². The first-order chi connectivity index (χ1) is 32.9. The largest absolute Gasteiger partial charge is 1.00 e. The van der Waals surface area contributed by atoms with Crippen molar-refractivity contribution in [1.29, 1.82) is 0 Å². The summed E-state index contributed by atoms with van der Waals surface area (Å²) in [5.41, 5.74) is 4.11. The zero-order chi connectivity index (χ0) is 52.1. The fraction of sp³-hybridized carbons (Fsp3) is 0.353. The predicted molar refractivity (Wildman–Crippen MR) is 263 cm³/mol. The van der Waals surface area contributed by atoms with E-state index in [9.17, 15) is 45.8 Å². The molecule has 0 saturated carbocycles. The number of ketones is 1. The number of aryl methyl sites for hydroxylation is 4. The average Bonchev–Trinajstić information content (AvgIpc) is 3.95. The van der Waals surface area contributed by atoms with E-state index in [0.717, 1.165) is 58.1 Å². The summed E-state index contributed by atoms with van der Waals surface area (Å²) in [5, 5.41) is 36.5. The van der Waals surface area contributed by atoms with Crippen molar-refractivity contribution >= 4 is 48.8 Å². The minimum atomic E-state index is -4.39. The first-order valence-electron chi connectivity index (χ1n) is 21.8. The number of halogens is 6. The molecule has 0 aliphatic heterocycles. The van der Waals surface area contributed by atoms with Gasteiger partial charge >= 0.3 is 53.8 Å². The summed E-state index contributed by atoms with van der Waals surface area (Å²) in [5.74, 6) is -1.15. The van der Waals surface area contributed by atoms with Crippen LogP contribution in [0, 0.1) is 13.8 Å². The summed E-state index contributed by atoms with van der Waals surface area (Å²) in [6.07, 6.45) is -7.83. The molecule has 0 fully saturated rings. The van der Waals surface area contributed by atoms with Crippen LogP contribution in [0.5, 0.6) is 11.5 Å². The fourth-order valence-corrected chi connectivity index (χ4v) is 9.41. The van der Waals surface area contributed by atoms with Gasteiger partial charge in [0.15, 0.2) is 19.0 Å². The Balaban J connectivity index is 0.000000679. The molecule has 0 spiro atoms. The van der Waals surface area contributed by atoms with Gasteiger partial charge in [0.1, 0.15) is 21.5 Å². The smallest absolute Gasteiger partial charge is 1.00 e. The number of rotatable bonds is 18. The SMILES string of the molecule is CO.Cc1cc(C(=O)CCc2sc(-c3ccc(C(F)(F)F)cc3)nc2C(C)C)ccc1OCC(=O)O.Cc1cc(C(O)CCc2sc(-c3ccc(C(F)(F)F)cc3)nc2C(C)C)ccc1OCC(=O)O.[B].[H-].[Na+]. The van der Waals surface area contributed by atoms with Crippen LogP contribution in [-0.2, 0) is 34.8 Å². The third-order valence-corrected chi connectivity index (χ3v) is 12.8. The molecule has 0 amide bonds. The molecule has 0 saturated heterocycles. The third kappa shape index (κ3) is 18.1. The number of hydrogen-bond acceptors (Lipinski definition) is 11. The van der Waals surface area contributed by atoms with E-state index in [4.69, 9.17) is 24.8 Å². The molecule has 4 N–H and O–H groups in total. The first-order valence-corrected chi connectivity index (χ1v) is 23.4. The molecule has 3 radical (unpaired) electrons. The molecule has 0 aliphatic rings. The van der Waals surface area contributed by atoms with E-state index in [2.05, 4.69) is 9.97 Å². The minimum Gasteiger partial charge on any atom is -1.00 e. The molecular formula is C51H55BF6N2NaO9S2. The monoisotopic (exact) mass is 1050 g/mol. The van der Waals surface area contributed by atoms with E-state index in [0.29, 0.717) is 68.6 Å². The number of alkyl halides is 6. The number of nitrogens with zero attached hydrogens (tertiary/aromatic N) is 2. The van der Waals surface area contributed by atoms with E-state index >= 15 is 0 Å². The van der Waals surface area contributed by atoms with Gasteiger partial charge in [0.25, 0.3) is 0 Å². The van der Waals surface area contributed by atoms with E-state index in [-0.39, 0.29) is 63.4 Å². The Morgan fingerprint density at radius 2 is 1.04 bits per heavy atom. The Labute approximate surface area is 447 Å². The van der Waals surface area contributed by atoms with Crippen molar-refractivity contribution in [3.8, 4) is 32.6 Å². The number of carbonyl (C=O) groups excluding carboxylic acids is 1. The molecule has 0 aliphatic carbocycles. The number of Topliss-reactive ketones (excluding diaryl/α,β-unsaturated/α-hetero) is 1. The van der Waals surface area contributed by atoms with Crippen molar-refractivity contribution < 1.29 is 102 Å².